The quantitative estimate of drug-likeness (QED) is 0.823. The van der Waals surface area contributed by atoms with Crippen molar-refractivity contribution in [3.05, 3.63) is 34.3 Å². The maximum atomic E-state index is 11.1. The van der Waals surface area contributed by atoms with E-state index in [9.17, 15) is 4.79 Å². The summed E-state index contributed by atoms with van der Waals surface area (Å²) in [6, 6.07) is 6.61. The summed E-state index contributed by atoms with van der Waals surface area (Å²) in [5.41, 5.74) is 2.54. The SMILES string of the molecule is CN(CCNC1CC1)Cc1ccc2[nH]c(=O)oc2c1. The molecule has 1 aliphatic rings. The summed E-state index contributed by atoms with van der Waals surface area (Å²) >= 11 is 0. The molecular weight excluding hydrogens is 242 g/mol. The Morgan fingerprint density at radius 3 is 3.11 bits per heavy atom. The summed E-state index contributed by atoms with van der Waals surface area (Å²) in [4.78, 5) is 16.0. The molecule has 0 amide bonds. The Kier molecular flexibility index (Phi) is 3.40. The van der Waals surface area contributed by atoms with E-state index in [4.69, 9.17) is 4.42 Å². The lowest BCUT2D eigenvalue weighted by molar-refractivity contribution is 0.324. The van der Waals surface area contributed by atoms with Gasteiger partial charge in [0.05, 0.1) is 5.52 Å². The molecule has 3 rings (SSSR count). The number of nitrogens with one attached hydrogen (secondary N) is 2. The molecule has 1 aromatic carbocycles. The molecule has 1 aliphatic carbocycles. The number of benzene rings is 1. The molecule has 2 N–H and O–H groups in total. The molecule has 0 radical (unpaired) electrons. The number of H-pyrrole nitrogens is 1. The minimum atomic E-state index is -0.394. The van der Waals surface area contributed by atoms with Crippen molar-refractivity contribution in [3.8, 4) is 0 Å². The Labute approximate surface area is 111 Å². The van der Waals surface area contributed by atoms with Crippen molar-refractivity contribution in [3.63, 3.8) is 0 Å². The van der Waals surface area contributed by atoms with Gasteiger partial charge in [-0.3, -0.25) is 4.98 Å². The van der Waals surface area contributed by atoms with Gasteiger partial charge in [-0.25, -0.2) is 4.79 Å². The summed E-state index contributed by atoms with van der Waals surface area (Å²) in [6.45, 7) is 2.91. The molecular formula is C14H19N3O2. The number of oxazole rings is 1. The van der Waals surface area contributed by atoms with Gasteiger partial charge in [0, 0.05) is 25.7 Å². The second kappa shape index (κ2) is 5.19. The van der Waals surface area contributed by atoms with Crippen molar-refractivity contribution >= 4 is 11.1 Å². The van der Waals surface area contributed by atoms with Crippen LogP contribution in [0.3, 0.4) is 0 Å². The highest BCUT2D eigenvalue weighted by Crippen LogP contribution is 2.18. The predicted molar refractivity (Wildman–Crippen MR) is 74.2 cm³/mol. The van der Waals surface area contributed by atoms with Crippen LogP contribution >= 0.6 is 0 Å². The van der Waals surface area contributed by atoms with Gasteiger partial charge in [-0.2, -0.15) is 0 Å². The first-order valence-electron chi connectivity index (χ1n) is 6.74. The minimum absolute atomic E-state index is 0.394. The zero-order valence-corrected chi connectivity index (χ0v) is 11.1. The summed E-state index contributed by atoms with van der Waals surface area (Å²) < 4.78 is 5.07. The Balaban J connectivity index is 1.58. The number of hydrogen-bond acceptors (Lipinski definition) is 4. The summed E-state index contributed by atoms with van der Waals surface area (Å²) in [7, 11) is 2.10. The largest absolute Gasteiger partial charge is 0.417 e. The Hall–Kier alpha value is -1.59. The molecule has 1 heterocycles. The van der Waals surface area contributed by atoms with Crippen molar-refractivity contribution < 1.29 is 4.42 Å². The van der Waals surface area contributed by atoms with Crippen LogP contribution in [-0.4, -0.2) is 36.1 Å². The number of rotatable bonds is 6. The van der Waals surface area contributed by atoms with Crippen molar-refractivity contribution in [1.82, 2.24) is 15.2 Å². The van der Waals surface area contributed by atoms with Crippen LogP contribution in [0.4, 0.5) is 0 Å². The van der Waals surface area contributed by atoms with Crippen LogP contribution < -0.4 is 11.1 Å². The van der Waals surface area contributed by atoms with Crippen LogP contribution in [0, 0.1) is 0 Å². The number of aromatic amines is 1. The topological polar surface area (TPSA) is 61.3 Å². The second-order valence-electron chi connectivity index (χ2n) is 5.31. The Bertz CT molecular complexity index is 612. The monoisotopic (exact) mass is 261 g/mol. The number of likely N-dealkylation sites (N-methyl/N-ethyl adjacent to an activating group) is 1. The fourth-order valence-electron chi connectivity index (χ4n) is 2.23. The van der Waals surface area contributed by atoms with E-state index < -0.39 is 5.76 Å². The minimum Gasteiger partial charge on any atom is -0.408 e. The zero-order chi connectivity index (χ0) is 13.2. The molecule has 5 nitrogen and oxygen atoms in total. The first kappa shape index (κ1) is 12.4. The molecule has 1 fully saturated rings. The van der Waals surface area contributed by atoms with E-state index in [1.807, 2.05) is 18.2 Å². The van der Waals surface area contributed by atoms with Crippen LogP contribution in [-0.2, 0) is 6.54 Å². The van der Waals surface area contributed by atoms with Gasteiger partial charge in [0.15, 0.2) is 5.58 Å². The van der Waals surface area contributed by atoms with Gasteiger partial charge in [0.25, 0.3) is 0 Å². The van der Waals surface area contributed by atoms with Gasteiger partial charge in [0.2, 0.25) is 0 Å². The van der Waals surface area contributed by atoms with Crippen molar-refractivity contribution in [2.45, 2.75) is 25.4 Å². The molecule has 0 atom stereocenters. The maximum Gasteiger partial charge on any atom is 0.417 e. The third-order valence-corrected chi connectivity index (χ3v) is 3.44. The molecule has 0 aliphatic heterocycles. The van der Waals surface area contributed by atoms with Crippen LogP contribution in [0.2, 0.25) is 0 Å². The van der Waals surface area contributed by atoms with Crippen LogP contribution in [0.15, 0.2) is 27.4 Å². The lowest BCUT2D eigenvalue weighted by atomic mass is 10.2. The highest BCUT2D eigenvalue weighted by Gasteiger charge is 2.19. The average molecular weight is 261 g/mol. The lowest BCUT2D eigenvalue weighted by Gasteiger charge is -2.16. The number of hydrogen-bond donors (Lipinski definition) is 2. The third-order valence-electron chi connectivity index (χ3n) is 3.44. The average Bonchev–Trinajstić information content (AvgIpc) is 3.09. The molecule has 0 saturated heterocycles. The molecule has 0 unspecified atom stereocenters. The van der Waals surface area contributed by atoms with E-state index in [0.717, 1.165) is 36.8 Å². The molecule has 0 bridgehead atoms. The lowest BCUT2D eigenvalue weighted by Crippen LogP contribution is -2.30. The summed E-state index contributed by atoms with van der Waals surface area (Å²) in [6.07, 6.45) is 2.65. The molecule has 1 aromatic heterocycles. The second-order valence-corrected chi connectivity index (χ2v) is 5.31. The van der Waals surface area contributed by atoms with Gasteiger partial charge in [-0.05, 0) is 37.6 Å². The van der Waals surface area contributed by atoms with Gasteiger partial charge in [0.1, 0.15) is 0 Å². The van der Waals surface area contributed by atoms with Crippen LogP contribution in [0.5, 0.6) is 0 Å². The van der Waals surface area contributed by atoms with Crippen LogP contribution in [0.1, 0.15) is 18.4 Å². The molecule has 102 valence electrons. The Morgan fingerprint density at radius 2 is 2.32 bits per heavy atom. The van der Waals surface area contributed by atoms with E-state index in [2.05, 4.69) is 22.2 Å². The molecule has 1 saturated carbocycles. The third kappa shape index (κ3) is 3.24. The highest BCUT2D eigenvalue weighted by molar-refractivity contribution is 5.72. The van der Waals surface area contributed by atoms with E-state index in [1.54, 1.807) is 0 Å². The first-order chi connectivity index (χ1) is 9.20. The van der Waals surface area contributed by atoms with Gasteiger partial charge in [-0.1, -0.05) is 6.07 Å². The summed E-state index contributed by atoms with van der Waals surface area (Å²) in [5, 5.41) is 3.50. The van der Waals surface area contributed by atoms with Crippen molar-refractivity contribution in [1.29, 1.82) is 0 Å². The fourth-order valence-corrected chi connectivity index (χ4v) is 2.23. The predicted octanol–water partition coefficient (Wildman–Crippen LogP) is 1.30. The van der Waals surface area contributed by atoms with Gasteiger partial charge in [-0.15, -0.1) is 0 Å². The maximum absolute atomic E-state index is 11.1. The Morgan fingerprint density at radius 1 is 1.47 bits per heavy atom. The van der Waals surface area contributed by atoms with Crippen molar-refractivity contribution in [2.75, 3.05) is 20.1 Å². The number of aromatic nitrogens is 1. The van der Waals surface area contributed by atoms with Gasteiger partial charge >= 0.3 is 5.76 Å². The van der Waals surface area contributed by atoms with E-state index in [0.29, 0.717) is 5.58 Å². The molecule has 5 heteroatoms. The van der Waals surface area contributed by atoms with E-state index >= 15 is 0 Å². The normalized spacial score (nSPS) is 15.5. The zero-order valence-electron chi connectivity index (χ0n) is 11.1. The van der Waals surface area contributed by atoms with Crippen LogP contribution in [0.25, 0.3) is 11.1 Å². The number of nitrogens with zero attached hydrogens (tertiary/aromatic N) is 1. The molecule has 0 spiro atoms. The number of fused-ring (bicyclic) bond motifs is 1. The van der Waals surface area contributed by atoms with E-state index in [1.165, 1.54) is 12.8 Å². The molecule has 19 heavy (non-hydrogen) atoms. The van der Waals surface area contributed by atoms with Crippen molar-refractivity contribution in [2.24, 2.45) is 0 Å². The standard InChI is InChI=1S/C14H19N3O2/c1-17(7-6-15-11-3-4-11)9-10-2-5-12-13(8-10)19-14(18)16-12/h2,5,8,11,15H,3-4,6-7,9H2,1H3,(H,16,18). The van der Waals surface area contributed by atoms with Gasteiger partial charge < -0.3 is 14.6 Å². The first-order valence-corrected chi connectivity index (χ1v) is 6.74. The summed E-state index contributed by atoms with van der Waals surface area (Å²) in [5.74, 6) is -0.394. The smallest absolute Gasteiger partial charge is 0.408 e. The van der Waals surface area contributed by atoms with E-state index in [-0.39, 0.29) is 0 Å². The fraction of sp³-hybridized carbons (Fsp3) is 0.500. The highest BCUT2D eigenvalue weighted by atomic mass is 16.4. The molecule has 2 aromatic rings.